The molecule has 2 amide bonds. The molecule has 2 aromatic rings. The molecule has 0 aromatic heterocycles. The second kappa shape index (κ2) is 11.2. The SMILES string of the molecule is CCCNC(=O)C(CC)N(Cc1ccccc1C)C(=O)Cc1ccc(Cl)cc1Cl. The van der Waals surface area contributed by atoms with E-state index >= 15 is 0 Å². The lowest BCUT2D eigenvalue weighted by Gasteiger charge is -2.31. The van der Waals surface area contributed by atoms with Gasteiger partial charge >= 0.3 is 0 Å². The van der Waals surface area contributed by atoms with Gasteiger partial charge in [0.2, 0.25) is 11.8 Å². The molecule has 0 fully saturated rings. The first-order valence-corrected chi connectivity index (χ1v) is 10.7. The molecule has 0 aliphatic carbocycles. The molecule has 0 radical (unpaired) electrons. The number of hydrogen-bond acceptors (Lipinski definition) is 2. The van der Waals surface area contributed by atoms with Crippen LogP contribution in [0.4, 0.5) is 0 Å². The van der Waals surface area contributed by atoms with Crippen LogP contribution in [0, 0.1) is 6.92 Å². The van der Waals surface area contributed by atoms with Crippen molar-refractivity contribution in [2.45, 2.75) is 52.6 Å². The average molecular weight is 435 g/mol. The van der Waals surface area contributed by atoms with Gasteiger partial charge in [0.05, 0.1) is 6.42 Å². The van der Waals surface area contributed by atoms with Crippen molar-refractivity contribution in [3.63, 3.8) is 0 Å². The maximum Gasteiger partial charge on any atom is 0.242 e. The van der Waals surface area contributed by atoms with Gasteiger partial charge in [-0.3, -0.25) is 9.59 Å². The molecule has 0 saturated heterocycles. The molecule has 1 unspecified atom stereocenters. The van der Waals surface area contributed by atoms with Gasteiger partial charge in [0.15, 0.2) is 0 Å². The number of halogens is 2. The van der Waals surface area contributed by atoms with Crippen molar-refractivity contribution in [1.29, 1.82) is 0 Å². The number of nitrogens with zero attached hydrogens (tertiary/aromatic N) is 1. The number of aryl methyl sites for hydroxylation is 1. The van der Waals surface area contributed by atoms with Crippen LogP contribution < -0.4 is 5.32 Å². The lowest BCUT2D eigenvalue weighted by molar-refractivity contribution is -0.140. The van der Waals surface area contributed by atoms with Crippen LogP contribution >= 0.6 is 23.2 Å². The maximum absolute atomic E-state index is 13.3. The van der Waals surface area contributed by atoms with Crippen LogP contribution in [0.2, 0.25) is 10.0 Å². The second-order valence-electron chi connectivity index (χ2n) is 7.08. The summed E-state index contributed by atoms with van der Waals surface area (Å²) in [5, 5.41) is 3.90. The fourth-order valence-corrected chi connectivity index (χ4v) is 3.66. The Kier molecular flexibility index (Phi) is 8.99. The fourth-order valence-electron chi connectivity index (χ4n) is 3.19. The Bertz CT molecular complexity index is 855. The zero-order chi connectivity index (χ0) is 21.4. The highest BCUT2D eigenvalue weighted by atomic mass is 35.5. The van der Waals surface area contributed by atoms with Crippen molar-refractivity contribution in [3.8, 4) is 0 Å². The molecule has 0 spiro atoms. The molecule has 0 bridgehead atoms. The van der Waals surface area contributed by atoms with Gasteiger partial charge in [0, 0.05) is 23.1 Å². The van der Waals surface area contributed by atoms with Crippen LogP contribution in [-0.2, 0) is 22.6 Å². The third-order valence-corrected chi connectivity index (χ3v) is 5.48. The molecule has 1 atom stereocenters. The molecule has 1 N–H and O–H groups in total. The maximum atomic E-state index is 13.3. The molecular formula is C23H28Cl2N2O2. The van der Waals surface area contributed by atoms with Crippen LogP contribution in [-0.4, -0.2) is 29.3 Å². The van der Waals surface area contributed by atoms with Gasteiger partial charge in [-0.15, -0.1) is 0 Å². The van der Waals surface area contributed by atoms with Gasteiger partial charge in [-0.25, -0.2) is 0 Å². The van der Waals surface area contributed by atoms with Gasteiger partial charge in [0.25, 0.3) is 0 Å². The first kappa shape index (κ1) is 23.2. The standard InChI is InChI=1S/C23H28Cl2N2O2/c1-4-12-26-23(29)21(5-2)27(15-18-9-7-6-8-16(18)3)22(28)13-17-10-11-19(24)14-20(17)25/h6-11,14,21H,4-5,12-13,15H2,1-3H3,(H,26,29). The monoisotopic (exact) mass is 434 g/mol. The number of benzene rings is 2. The quantitative estimate of drug-likeness (QED) is 0.590. The van der Waals surface area contributed by atoms with Crippen molar-refractivity contribution in [1.82, 2.24) is 10.2 Å². The van der Waals surface area contributed by atoms with Crippen LogP contribution in [0.1, 0.15) is 43.4 Å². The minimum absolute atomic E-state index is 0.111. The van der Waals surface area contributed by atoms with Crippen LogP contribution in [0.25, 0.3) is 0 Å². The molecule has 0 aliphatic rings. The number of carbonyl (C=O) groups is 2. The Morgan fingerprint density at radius 1 is 1.07 bits per heavy atom. The van der Waals surface area contributed by atoms with Crippen LogP contribution in [0.5, 0.6) is 0 Å². The third kappa shape index (κ3) is 6.48. The van der Waals surface area contributed by atoms with Gasteiger partial charge in [0.1, 0.15) is 6.04 Å². The van der Waals surface area contributed by atoms with Crippen LogP contribution in [0.15, 0.2) is 42.5 Å². The lowest BCUT2D eigenvalue weighted by Crippen LogP contribution is -2.49. The van der Waals surface area contributed by atoms with Crippen molar-refractivity contribution in [2.24, 2.45) is 0 Å². The number of rotatable bonds is 9. The topological polar surface area (TPSA) is 49.4 Å². The summed E-state index contributed by atoms with van der Waals surface area (Å²) >= 11 is 12.2. The van der Waals surface area contributed by atoms with E-state index in [0.29, 0.717) is 35.1 Å². The minimum Gasteiger partial charge on any atom is -0.354 e. The summed E-state index contributed by atoms with van der Waals surface area (Å²) in [6.45, 7) is 6.88. The van der Waals surface area contributed by atoms with E-state index in [1.165, 1.54) is 0 Å². The summed E-state index contributed by atoms with van der Waals surface area (Å²) in [5.74, 6) is -0.269. The highest BCUT2D eigenvalue weighted by Crippen LogP contribution is 2.23. The molecule has 0 aliphatic heterocycles. The Balaban J connectivity index is 2.32. The van der Waals surface area contributed by atoms with E-state index in [4.69, 9.17) is 23.2 Å². The van der Waals surface area contributed by atoms with E-state index < -0.39 is 6.04 Å². The predicted molar refractivity (Wildman–Crippen MR) is 119 cm³/mol. The summed E-state index contributed by atoms with van der Waals surface area (Å²) in [6, 6.07) is 12.5. The zero-order valence-electron chi connectivity index (χ0n) is 17.2. The number of amides is 2. The largest absolute Gasteiger partial charge is 0.354 e. The first-order valence-electron chi connectivity index (χ1n) is 9.92. The van der Waals surface area contributed by atoms with Crippen molar-refractivity contribution in [2.75, 3.05) is 6.54 Å². The molecule has 4 nitrogen and oxygen atoms in total. The third-order valence-electron chi connectivity index (χ3n) is 4.89. The van der Waals surface area contributed by atoms with Crippen molar-refractivity contribution >= 4 is 35.0 Å². The predicted octanol–water partition coefficient (Wildman–Crippen LogP) is 5.18. The summed E-state index contributed by atoms with van der Waals surface area (Å²) in [4.78, 5) is 27.7. The van der Waals surface area contributed by atoms with E-state index in [-0.39, 0.29) is 18.2 Å². The molecule has 29 heavy (non-hydrogen) atoms. The van der Waals surface area contributed by atoms with Crippen molar-refractivity contribution in [3.05, 3.63) is 69.2 Å². The number of carbonyl (C=O) groups excluding carboxylic acids is 2. The molecule has 0 heterocycles. The van der Waals surface area contributed by atoms with Crippen molar-refractivity contribution < 1.29 is 9.59 Å². The minimum atomic E-state index is -0.542. The first-order chi connectivity index (χ1) is 13.9. The van der Waals surface area contributed by atoms with Gasteiger partial charge in [-0.05, 0) is 48.6 Å². The van der Waals surface area contributed by atoms with E-state index in [1.54, 1.807) is 23.1 Å². The van der Waals surface area contributed by atoms with Crippen LogP contribution in [0.3, 0.4) is 0 Å². The summed E-state index contributed by atoms with van der Waals surface area (Å²) in [6.07, 6.45) is 1.48. The highest BCUT2D eigenvalue weighted by molar-refractivity contribution is 6.35. The summed E-state index contributed by atoms with van der Waals surface area (Å²) < 4.78 is 0. The molecule has 0 saturated carbocycles. The average Bonchev–Trinajstić information content (AvgIpc) is 2.69. The van der Waals surface area contributed by atoms with E-state index in [1.807, 2.05) is 45.0 Å². The zero-order valence-corrected chi connectivity index (χ0v) is 18.7. The molecule has 6 heteroatoms. The lowest BCUT2D eigenvalue weighted by atomic mass is 10.0. The number of nitrogens with one attached hydrogen (secondary N) is 1. The molecule has 2 rings (SSSR count). The molecule has 2 aromatic carbocycles. The van der Waals surface area contributed by atoms with E-state index in [2.05, 4.69) is 5.32 Å². The summed E-state index contributed by atoms with van der Waals surface area (Å²) in [7, 11) is 0. The van der Waals surface area contributed by atoms with E-state index in [0.717, 1.165) is 17.5 Å². The Morgan fingerprint density at radius 3 is 2.41 bits per heavy atom. The Morgan fingerprint density at radius 2 is 1.79 bits per heavy atom. The Labute approximate surface area is 183 Å². The van der Waals surface area contributed by atoms with Gasteiger partial charge < -0.3 is 10.2 Å². The normalized spacial score (nSPS) is 11.8. The second-order valence-corrected chi connectivity index (χ2v) is 7.92. The highest BCUT2D eigenvalue weighted by Gasteiger charge is 2.29. The molecule has 156 valence electrons. The molecular weight excluding hydrogens is 407 g/mol. The Hall–Kier alpha value is -2.04. The smallest absolute Gasteiger partial charge is 0.242 e. The van der Waals surface area contributed by atoms with Gasteiger partial charge in [-0.1, -0.05) is 67.4 Å². The number of hydrogen-bond donors (Lipinski definition) is 1. The summed E-state index contributed by atoms with van der Waals surface area (Å²) in [5.41, 5.74) is 2.79. The van der Waals surface area contributed by atoms with E-state index in [9.17, 15) is 9.59 Å². The van der Waals surface area contributed by atoms with Gasteiger partial charge in [-0.2, -0.15) is 0 Å². The fraction of sp³-hybridized carbons (Fsp3) is 0.391.